The Kier molecular flexibility index (Phi) is 4.91. The van der Waals surface area contributed by atoms with Crippen molar-refractivity contribution in [3.05, 3.63) is 51.9 Å². The molecule has 3 rings (SSSR count). The summed E-state index contributed by atoms with van der Waals surface area (Å²) < 4.78 is 39.8. The molecule has 0 bridgehead atoms. The fraction of sp³-hybridized carbons (Fsp3) is 0.176. The number of aromatic nitrogens is 3. The fourth-order valence-corrected chi connectivity index (χ4v) is 2.65. The van der Waals surface area contributed by atoms with Gasteiger partial charge in [0.05, 0.1) is 27.7 Å². The zero-order chi connectivity index (χ0) is 20.5. The Bertz CT molecular complexity index is 1120. The lowest BCUT2D eigenvalue weighted by Gasteiger charge is -2.09. The molecule has 0 aliphatic carbocycles. The number of fused-ring (bicyclic) bond motifs is 1. The summed E-state index contributed by atoms with van der Waals surface area (Å²) in [4.78, 5) is 28.3. The van der Waals surface area contributed by atoms with Gasteiger partial charge < -0.3 is 10.7 Å². The van der Waals surface area contributed by atoms with Crippen molar-refractivity contribution in [2.45, 2.75) is 13.1 Å². The number of carbonyl (C=O) groups excluding carboxylic acids is 1. The van der Waals surface area contributed by atoms with E-state index in [0.29, 0.717) is 6.54 Å². The van der Waals surface area contributed by atoms with E-state index in [2.05, 4.69) is 20.7 Å². The Morgan fingerprint density at radius 3 is 2.79 bits per heavy atom. The van der Waals surface area contributed by atoms with Crippen molar-refractivity contribution in [2.24, 2.45) is 0 Å². The van der Waals surface area contributed by atoms with Crippen molar-refractivity contribution in [1.82, 2.24) is 20.1 Å². The SMILES string of the molecule is CCNC(=O)Nc1ncc2c(=O)n(-c3cccc(C(F)(F)F)c3)[nH]c2c1C=N. The normalized spacial score (nSPS) is 11.4. The summed E-state index contributed by atoms with van der Waals surface area (Å²) in [6, 6.07) is 3.72. The van der Waals surface area contributed by atoms with Gasteiger partial charge in [-0.15, -0.1) is 0 Å². The van der Waals surface area contributed by atoms with Gasteiger partial charge >= 0.3 is 12.2 Å². The quantitative estimate of drug-likeness (QED) is 0.512. The second-order valence-corrected chi connectivity index (χ2v) is 5.74. The summed E-state index contributed by atoms with van der Waals surface area (Å²) in [5.41, 5.74) is -1.27. The van der Waals surface area contributed by atoms with E-state index in [-0.39, 0.29) is 28.0 Å². The number of nitrogens with one attached hydrogen (secondary N) is 4. The summed E-state index contributed by atoms with van der Waals surface area (Å²) in [6.07, 6.45) is -2.48. The molecule has 2 aromatic heterocycles. The first-order valence-corrected chi connectivity index (χ1v) is 8.13. The Hall–Kier alpha value is -3.63. The van der Waals surface area contributed by atoms with E-state index >= 15 is 0 Å². The molecule has 0 aliphatic heterocycles. The number of benzene rings is 1. The number of H-pyrrole nitrogens is 1. The highest BCUT2D eigenvalue weighted by molar-refractivity contribution is 6.04. The number of urea groups is 1. The maximum absolute atomic E-state index is 13.0. The second-order valence-electron chi connectivity index (χ2n) is 5.74. The zero-order valence-corrected chi connectivity index (χ0v) is 14.5. The third-order valence-corrected chi connectivity index (χ3v) is 3.92. The van der Waals surface area contributed by atoms with Crippen molar-refractivity contribution < 1.29 is 18.0 Å². The smallest absolute Gasteiger partial charge is 0.338 e. The maximum atomic E-state index is 13.0. The molecule has 0 atom stereocenters. The van der Waals surface area contributed by atoms with Gasteiger partial charge in [-0.25, -0.2) is 14.5 Å². The summed E-state index contributed by atoms with van der Waals surface area (Å²) in [7, 11) is 0. The zero-order valence-electron chi connectivity index (χ0n) is 14.5. The minimum atomic E-state index is -4.56. The lowest BCUT2D eigenvalue weighted by atomic mass is 10.2. The first-order valence-electron chi connectivity index (χ1n) is 8.13. The van der Waals surface area contributed by atoms with Crippen molar-refractivity contribution in [3.63, 3.8) is 0 Å². The molecule has 3 aromatic rings. The molecule has 11 heteroatoms. The highest BCUT2D eigenvalue weighted by atomic mass is 19.4. The number of amides is 2. The number of aromatic amines is 1. The van der Waals surface area contributed by atoms with Gasteiger partial charge in [-0.05, 0) is 25.1 Å². The highest BCUT2D eigenvalue weighted by Crippen LogP contribution is 2.30. The number of halogens is 3. The van der Waals surface area contributed by atoms with E-state index < -0.39 is 23.3 Å². The molecule has 0 saturated carbocycles. The van der Waals surface area contributed by atoms with Crippen LogP contribution in [-0.2, 0) is 6.18 Å². The van der Waals surface area contributed by atoms with Gasteiger partial charge in [0.15, 0.2) is 0 Å². The molecule has 28 heavy (non-hydrogen) atoms. The van der Waals surface area contributed by atoms with E-state index in [4.69, 9.17) is 5.41 Å². The lowest BCUT2D eigenvalue weighted by molar-refractivity contribution is -0.137. The van der Waals surface area contributed by atoms with Crippen LogP contribution in [0.15, 0.2) is 35.3 Å². The Morgan fingerprint density at radius 1 is 1.39 bits per heavy atom. The standard InChI is InChI=1S/C17H15F3N6O2/c1-2-22-16(28)24-14-11(7-21)13-12(8-23-14)15(27)26(25-13)10-5-3-4-9(6-10)17(18,19)20/h3-8,21,25H,2H2,1H3,(H2,22,23,24,28). The molecule has 0 radical (unpaired) electrons. The van der Waals surface area contributed by atoms with Crippen LogP contribution < -0.4 is 16.2 Å². The number of alkyl halides is 3. The van der Waals surface area contributed by atoms with Crippen molar-refractivity contribution in [3.8, 4) is 5.69 Å². The second kappa shape index (κ2) is 7.18. The number of anilines is 1. The molecule has 2 heterocycles. The molecule has 0 aliphatic rings. The first-order chi connectivity index (χ1) is 13.3. The summed E-state index contributed by atoms with van der Waals surface area (Å²) in [5, 5.41) is 15.3. The van der Waals surface area contributed by atoms with Gasteiger partial charge in [-0.3, -0.25) is 15.2 Å². The van der Waals surface area contributed by atoms with Crippen LogP contribution in [0.2, 0.25) is 0 Å². The Labute approximate surface area is 155 Å². The van der Waals surface area contributed by atoms with Crippen LogP contribution in [0, 0.1) is 5.41 Å². The predicted octanol–water partition coefficient (Wildman–Crippen LogP) is 2.87. The number of nitrogens with zero attached hydrogens (tertiary/aromatic N) is 2. The molecule has 146 valence electrons. The van der Waals surface area contributed by atoms with Crippen molar-refractivity contribution in [1.29, 1.82) is 5.41 Å². The van der Waals surface area contributed by atoms with Crippen LogP contribution in [-0.4, -0.2) is 33.6 Å². The summed E-state index contributed by atoms with van der Waals surface area (Å²) in [6.45, 7) is 2.09. The summed E-state index contributed by atoms with van der Waals surface area (Å²) in [5.74, 6) is 0.0332. The Balaban J connectivity index is 2.15. The van der Waals surface area contributed by atoms with Crippen LogP contribution in [0.4, 0.5) is 23.8 Å². The van der Waals surface area contributed by atoms with Gasteiger partial charge in [0.2, 0.25) is 0 Å². The highest BCUT2D eigenvalue weighted by Gasteiger charge is 2.30. The third kappa shape index (κ3) is 3.46. The maximum Gasteiger partial charge on any atom is 0.416 e. The van der Waals surface area contributed by atoms with Crippen LogP contribution in [0.25, 0.3) is 16.6 Å². The van der Waals surface area contributed by atoms with Crippen LogP contribution in [0.5, 0.6) is 0 Å². The molecule has 0 saturated heterocycles. The molecule has 4 N–H and O–H groups in total. The topological polar surface area (TPSA) is 116 Å². The van der Waals surface area contributed by atoms with Gasteiger partial charge in [0, 0.05) is 19.0 Å². The lowest BCUT2D eigenvalue weighted by Crippen LogP contribution is -2.29. The van der Waals surface area contributed by atoms with E-state index in [9.17, 15) is 22.8 Å². The van der Waals surface area contributed by atoms with Gasteiger partial charge in [-0.1, -0.05) is 6.07 Å². The number of rotatable bonds is 4. The minimum absolute atomic E-state index is 0.0230. The van der Waals surface area contributed by atoms with Crippen LogP contribution >= 0.6 is 0 Å². The average molecular weight is 392 g/mol. The minimum Gasteiger partial charge on any atom is -0.338 e. The van der Waals surface area contributed by atoms with Crippen LogP contribution in [0.1, 0.15) is 18.1 Å². The van der Waals surface area contributed by atoms with E-state index in [1.165, 1.54) is 18.3 Å². The third-order valence-electron chi connectivity index (χ3n) is 3.92. The Morgan fingerprint density at radius 2 is 2.14 bits per heavy atom. The first kappa shape index (κ1) is 19.1. The fourth-order valence-electron chi connectivity index (χ4n) is 2.65. The molecular formula is C17H15F3N6O2. The molecular weight excluding hydrogens is 377 g/mol. The molecule has 0 unspecified atom stereocenters. The number of hydrogen-bond acceptors (Lipinski definition) is 4. The summed E-state index contributed by atoms with van der Waals surface area (Å²) >= 11 is 0. The van der Waals surface area contributed by atoms with Gasteiger partial charge in [-0.2, -0.15) is 13.2 Å². The monoisotopic (exact) mass is 392 g/mol. The van der Waals surface area contributed by atoms with E-state index in [0.717, 1.165) is 23.0 Å². The van der Waals surface area contributed by atoms with E-state index in [1.807, 2.05) is 0 Å². The molecule has 0 spiro atoms. The molecule has 8 nitrogen and oxygen atoms in total. The molecule has 1 aromatic carbocycles. The number of pyridine rings is 1. The van der Waals surface area contributed by atoms with E-state index in [1.54, 1.807) is 6.92 Å². The van der Waals surface area contributed by atoms with Gasteiger partial charge in [0.1, 0.15) is 5.82 Å². The average Bonchev–Trinajstić information content (AvgIpc) is 2.98. The van der Waals surface area contributed by atoms with Gasteiger partial charge in [0.25, 0.3) is 5.56 Å². The number of hydrogen-bond donors (Lipinski definition) is 4. The number of carbonyl (C=O) groups is 1. The molecule has 0 fully saturated rings. The van der Waals surface area contributed by atoms with Crippen molar-refractivity contribution in [2.75, 3.05) is 11.9 Å². The predicted molar refractivity (Wildman–Crippen MR) is 97.3 cm³/mol. The largest absolute Gasteiger partial charge is 0.416 e. The molecule has 2 amide bonds. The van der Waals surface area contributed by atoms with Crippen LogP contribution in [0.3, 0.4) is 0 Å². The van der Waals surface area contributed by atoms with Crippen molar-refractivity contribution >= 4 is 29.0 Å².